The van der Waals surface area contributed by atoms with E-state index in [2.05, 4.69) is 4.98 Å². The number of nitrogens with two attached hydrogens (primary N) is 1. The van der Waals surface area contributed by atoms with Gasteiger partial charge in [-0.3, -0.25) is 0 Å². The van der Waals surface area contributed by atoms with E-state index < -0.39 is 0 Å². The van der Waals surface area contributed by atoms with E-state index in [1.54, 1.807) is 6.20 Å². The number of hydrogen-bond donors (Lipinski definition) is 1. The van der Waals surface area contributed by atoms with Crippen molar-refractivity contribution in [3.63, 3.8) is 0 Å². The molecule has 0 aliphatic heterocycles. The molecule has 58 valence electrons. The van der Waals surface area contributed by atoms with Crippen LogP contribution in [0.1, 0.15) is 11.1 Å². The molecule has 3 nitrogen and oxygen atoms in total. The highest BCUT2D eigenvalue weighted by Gasteiger charge is 2.01. The summed E-state index contributed by atoms with van der Waals surface area (Å²) in [7, 11) is 0. The Labute approximate surface area is 65.2 Å². The molecule has 0 saturated heterocycles. The van der Waals surface area contributed by atoms with E-state index in [4.69, 9.17) is 5.73 Å². The Hall–Kier alpha value is -1.38. The average Bonchev–Trinajstić information content (AvgIpc) is 1.97. The lowest BCUT2D eigenvalue weighted by atomic mass is 10.1. The molecule has 0 aliphatic rings. The number of aldehydes is 1. The van der Waals surface area contributed by atoms with Crippen LogP contribution >= 0.6 is 0 Å². The van der Waals surface area contributed by atoms with Crippen LogP contribution in [-0.2, 0) is 11.2 Å². The van der Waals surface area contributed by atoms with Crippen molar-refractivity contribution >= 4 is 12.1 Å². The normalized spacial score (nSPS) is 9.55. The molecular formula is C8H10N2O. The first kappa shape index (κ1) is 7.72. The van der Waals surface area contributed by atoms with Gasteiger partial charge in [0.25, 0.3) is 0 Å². The van der Waals surface area contributed by atoms with Gasteiger partial charge in [-0.1, -0.05) is 0 Å². The fourth-order valence-corrected chi connectivity index (χ4v) is 0.959. The van der Waals surface area contributed by atoms with Crippen LogP contribution in [0, 0.1) is 6.92 Å². The van der Waals surface area contributed by atoms with E-state index in [0.29, 0.717) is 12.2 Å². The highest BCUT2D eigenvalue weighted by molar-refractivity contribution is 5.60. The van der Waals surface area contributed by atoms with Crippen LogP contribution in [0.15, 0.2) is 12.3 Å². The van der Waals surface area contributed by atoms with Gasteiger partial charge in [-0.15, -0.1) is 0 Å². The summed E-state index contributed by atoms with van der Waals surface area (Å²) in [6, 6.07) is 1.84. The zero-order valence-corrected chi connectivity index (χ0v) is 6.37. The predicted molar refractivity (Wildman–Crippen MR) is 43.2 cm³/mol. The molecule has 1 aromatic rings. The average molecular weight is 150 g/mol. The lowest BCUT2D eigenvalue weighted by Crippen LogP contribution is -2.00. The molecule has 0 radical (unpaired) electrons. The molecule has 1 rings (SSSR count). The van der Waals surface area contributed by atoms with Crippen molar-refractivity contribution in [2.75, 3.05) is 5.73 Å². The molecule has 1 aromatic heterocycles. The van der Waals surface area contributed by atoms with Crippen LogP contribution in [0.2, 0.25) is 0 Å². The maximum Gasteiger partial charge on any atom is 0.127 e. The van der Waals surface area contributed by atoms with Gasteiger partial charge in [0, 0.05) is 18.2 Å². The van der Waals surface area contributed by atoms with Crippen molar-refractivity contribution in [2.45, 2.75) is 13.3 Å². The van der Waals surface area contributed by atoms with Gasteiger partial charge in [0.2, 0.25) is 0 Å². The molecule has 11 heavy (non-hydrogen) atoms. The molecule has 0 bridgehead atoms. The third-order valence-corrected chi connectivity index (χ3v) is 1.61. The topological polar surface area (TPSA) is 56.0 Å². The Bertz CT molecular complexity index is 251. The third kappa shape index (κ3) is 1.55. The zero-order chi connectivity index (χ0) is 8.27. The molecule has 0 amide bonds. The summed E-state index contributed by atoms with van der Waals surface area (Å²) in [6.07, 6.45) is 2.82. The zero-order valence-electron chi connectivity index (χ0n) is 6.37. The van der Waals surface area contributed by atoms with Crippen molar-refractivity contribution in [1.82, 2.24) is 4.98 Å². The minimum Gasteiger partial charge on any atom is -0.383 e. The predicted octanol–water partition coefficient (Wildman–Crippen LogP) is 0.714. The second-order valence-corrected chi connectivity index (χ2v) is 2.36. The standard InChI is InChI=1S/C8H10N2O/c1-6-2-4-10-8(9)7(6)3-5-11/h2,4-5H,3H2,1H3,(H2,9,10). The maximum absolute atomic E-state index is 10.2. The number of carbonyl (C=O) groups is 1. The Morgan fingerprint density at radius 1 is 1.73 bits per heavy atom. The second kappa shape index (κ2) is 3.14. The van der Waals surface area contributed by atoms with Crippen LogP contribution < -0.4 is 5.73 Å². The largest absolute Gasteiger partial charge is 0.383 e. The number of rotatable bonds is 2. The van der Waals surface area contributed by atoms with Gasteiger partial charge in [0.05, 0.1) is 0 Å². The van der Waals surface area contributed by atoms with Crippen LogP contribution in [0.5, 0.6) is 0 Å². The molecule has 0 aliphatic carbocycles. The number of aryl methyl sites for hydroxylation is 1. The van der Waals surface area contributed by atoms with E-state index in [1.165, 1.54) is 0 Å². The molecule has 1 heterocycles. The fraction of sp³-hybridized carbons (Fsp3) is 0.250. The first-order valence-electron chi connectivity index (χ1n) is 3.39. The molecular weight excluding hydrogens is 140 g/mol. The number of nitrogens with zero attached hydrogens (tertiary/aromatic N) is 1. The second-order valence-electron chi connectivity index (χ2n) is 2.36. The lowest BCUT2D eigenvalue weighted by Gasteiger charge is -2.02. The quantitative estimate of drug-likeness (QED) is 0.632. The monoisotopic (exact) mass is 150 g/mol. The van der Waals surface area contributed by atoms with Gasteiger partial charge < -0.3 is 10.5 Å². The highest BCUT2D eigenvalue weighted by Crippen LogP contribution is 2.12. The third-order valence-electron chi connectivity index (χ3n) is 1.61. The molecule has 0 spiro atoms. The smallest absolute Gasteiger partial charge is 0.127 e. The lowest BCUT2D eigenvalue weighted by molar-refractivity contribution is -0.107. The highest BCUT2D eigenvalue weighted by atomic mass is 16.1. The molecule has 0 unspecified atom stereocenters. The summed E-state index contributed by atoms with van der Waals surface area (Å²) in [6.45, 7) is 1.91. The van der Waals surface area contributed by atoms with Crippen LogP contribution in [0.25, 0.3) is 0 Å². The molecule has 2 N–H and O–H groups in total. The number of carbonyl (C=O) groups excluding carboxylic acids is 1. The van der Waals surface area contributed by atoms with Crippen molar-refractivity contribution in [2.24, 2.45) is 0 Å². The van der Waals surface area contributed by atoms with Crippen molar-refractivity contribution in [3.05, 3.63) is 23.4 Å². The number of hydrogen-bond acceptors (Lipinski definition) is 3. The Morgan fingerprint density at radius 2 is 2.45 bits per heavy atom. The van der Waals surface area contributed by atoms with E-state index in [9.17, 15) is 4.79 Å². The Morgan fingerprint density at radius 3 is 3.00 bits per heavy atom. The van der Waals surface area contributed by atoms with Crippen molar-refractivity contribution in [3.8, 4) is 0 Å². The Balaban J connectivity index is 3.09. The summed E-state index contributed by atoms with van der Waals surface area (Å²) >= 11 is 0. The molecule has 0 atom stereocenters. The molecule has 3 heteroatoms. The maximum atomic E-state index is 10.2. The number of aromatic nitrogens is 1. The van der Waals surface area contributed by atoms with Gasteiger partial charge >= 0.3 is 0 Å². The van der Waals surface area contributed by atoms with Gasteiger partial charge in [0.1, 0.15) is 12.1 Å². The van der Waals surface area contributed by atoms with Gasteiger partial charge in [-0.2, -0.15) is 0 Å². The molecule has 0 aromatic carbocycles. The summed E-state index contributed by atoms with van der Waals surface area (Å²) in [4.78, 5) is 14.1. The molecule has 0 saturated carbocycles. The summed E-state index contributed by atoms with van der Waals surface area (Å²) in [5.41, 5.74) is 7.39. The summed E-state index contributed by atoms with van der Waals surface area (Å²) in [5, 5.41) is 0. The first-order chi connectivity index (χ1) is 5.25. The summed E-state index contributed by atoms with van der Waals surface area (Å²) < 4.78 is 0. The van der Waals surface area contributed by atoms with Crippen LogP contribution in [-0.4, -0.2) is 11.3 Å². The Kier molecular flexibility index (Phi) is 2.21. The van der Waals surface area contributed by atoms with Gasteiger partial charge in [0.15, 0.2) is 0 Å². The van der Waals surface area contributed by atoms with E-state index >= 15 is 0 Å². The van der Waals surface area contributed by atoms with Crippen LogP contribution in [0.3, 0.4) is 0 Å². The first-order valence-corrected chi connectivity index (χ1v) is 3.39. The minimum absolute atomic E-state index is 0.353. The van der Waals surface area contributed by atoms with Gasteiger partial charge in [-0.05, 0) is 18.6 Å². The van der Waals surface area contributed by atoms with E-state index in [0.717, 1.165) is 17.4 Å². The SMILES string of the molecule is Cc1ccnc(N)c1CC=O. The summed E-state index contributed by atoms with van der Waals surface area (Å²) in [5.74, 6) is 0.456. The minimum atomic E-state index is 0.353. The van der Waals surface area contributed by atoms with Crippen molar-refractivity contribution in [1.29, 1.82) is 0 Å². The van der Waals surface area contributed by atoms with Crippen molar-refractivity contribution < 1.29 is 4.79 Å². The molecule has 0 fully saturated rings. The number of nitrogen functional groups attached to an aromatic ring is 1. The van der Waals surface area contributed by atoms with Gasteiger partial charge in [-0.25, -0.2) is 4.98 Å². The number of anilines is 1. The fourth-order valence-electron chi connectivity index (χ4n) is 0.959. The number of pyridine rings is 1. The van der Waals surface area contributed by atoms with Crippen LogP contribution in [0.4, 0.5) is 5.82 Å². The van der Waals surface area contributed by atoms with E-state index in [1.807, 2.05) is 13.0 Å². The van der Waals surface area contributed by atoms with E-state index in [-0.39, 0.29) is 0 Å².